The van der Waals surface area contributed by atoms with Crippen LogP contribution >= 0.6 is 35.0 Å². The quantitative estimate of drug-likeness (QED) is 0.618. The van der Waals surface area contributed by atoms with E-state index in [1.807, 2.05) is 18.2 Å². The number of aromatic nitrogens is 1. The Morgan fingerprint density at radius 3 is 2.60 bits per heavy atom. The Kier molecular flexibility index (Phi) is 5.83. The van der Waals surface area contributed by atoms with Crippen LogP contribution in [0.3, 0.4) is 0 Å². The van der Waals surface area contributed by atoms with Crippen LogP contribution in [0.2, 0.25) is 10.0 Å². The molecule has 106 valence electrons. The number of halogens is 2. The molecule has 0 bridgehead atoms. The first-order chi connectivity index (χ1) is 9.66. The van der Waals surface area contributed by atoms with Crippen molar-refractivity contribution in [1.82, 2.24) is 4.98 Å². The fourth-order valence-corrected chi connectivity index (χ4v) is 2.89. The topological polar surface area (TPSA) is 42.4 Å². The lowest BCUT2D eigenvalue weighted by Crippen LogP contribution is -2.00. The van der Waals surface area contributed by atoms with Crippen molar-refractivity contribution in [3.8, 4) is 11.5 Å². The van der Waals surface area contributed by atoms with Gasteiger partial charge >= 0.3 is 0 Å². The predicted octanol–water partition coefficient (Wildman–Crippen LogP) is 4.66. The van der Waals surface area contributed by atoms with Crippen molar-refractivity contribution in [2.75, 3.05) is 12.4 Å². The molecule has 0 aliphatic heterocycles. The Bertz CT molecular complexity index is 543. The Balaban J connectivity index is 1.76. The zero-order valence-electron chi connectivity index (χ0n) is 10.6. The maximum absolute atomic E-state index is 9.32. The Morgan fingerprint density at radius 1 is 1.20 bits per heavy atom. The highest BCUT2D eigenvalue weighted by Crippen LogP contribution is 2.36. The Morgan fingerprint density at radius 2 is 1.95 bits per heavy atom. The fraction of sp³-hybridized carbons (Fsp3) is 0.214. The predicted molar refractivity (Wildman–Crippen MR) is 83.2 cm³/mol. The van der Waals surface area contributed by atoms with Gasteiger partial charge < -0.3 is 9.84 Å². The number of rotatable bonds is 6. The van der Waals surface area contributed by atoms with E-state index in [0.717, 1.165) is 17.2 Å². The molecular weight excluding hydrogens is 317 g/mol. The normalized spacial score (nSPS) is 10.5. The van der Waals surface area contributed by atoms with Crippen molar-refractivity contribution in [3.63, 3.8) is 0 Å². The van der Waals surface area contributed by atoms with Crippen molar-refractivity contribution >= 4 is 35.0 Å². The molecule has 0 atom stereocenters. The molecule has 1 aromatic carbocycles. The Hall–Kier alpha value is -1.10. The summed E-state index contributed by atoms with van der Waals surface area (Å²) in [6.45, 7) is 0.504. The van der Waals surface area contributed by atoms with Crippen molar-refractivity contribution in [3.05, 3.63) is 46.6 Å². The van der Waals surface area contributed by atoms with Crippen LogP contribution in [-0.2, 0) is 0 Å². The lowest BCUT2D eigenvalue weighted by molar-refractivity contribution is 0.318. The van der Waals surface area contributed by atoms with Crippen LogP contribution in [0.15, 0.2) is 41.6 Å². The molecule has 1 aromatic heterocycles. The highest BCUT2D eigenvalue weighted by molar-refractivity contribution is 7.99. The molecule has 20 heavy (non-hydrogen) atoms. The third kappa shape index (κ3) is 4.47. The van der Waals surface area contributed by atoms with E-state index in [4.69, 9.17) is 27.9 Å². The van der Waals surface area contributed by atoms with Crippen LogP contribution in [0, 0.1) is 0 Å². The molecular formula is C14H13Cl2NO2S. The second-order valence-electron chi connectivity index (χ2n) is 3.96. The van der Waals surface area contributed by atoms with E-state index in [0.29, 0.717) is 22.4 Å². The standard InChI is InChI=1S/C14H13Cl2NO2S/c15-11-8-10(18)9-12(16)14(11)19-6-3-7-20-13-4-1-2-5-17-13/h1-2,4-5,8-9,18H,3,6-7H2. The Labute approximate surface area is 131 Å². The smallest absolute Gasteiger partial charge is 0.156 e. The molecule has 0 unspecified atom stereocenters. The minimum absolute atomic E-state index is 0.0260. The van der Waals surface area contributed by atoms with E-state index >= 15 is 0 Å². The summed E-state index contributed by atoms with van der Waals surface area (Å²) in [6, 6.07) is 8.64. The summed E-state index contributed by atoms with van der Waals surface area (Å²) in [4.78, 5) is 4.22. The molecule has 3 nitrogen and oxygen atoms in total. The number of pyridine rings is 1. The molecule has 0 fully saturated rings. The molecule has 0 radical (unpaired) electrons. The summed E-state index contributed by atoms with van der Waals surface area (Å²) in [5.74, 6) is 1.33. The van der Waals surface area contributed by atoms with Gasteiger partial charge in [-0.2, -0.15) is 0 Å². The average molecular weight is 330 g/mol. The van der Waals surface area contributed by atoms with Crippen molar-refractivity contribution in [1.29, 1.82) is 0 Å². The van der Waals surface area contributed by atoms with E-state index in [-0.39, 0.29) is 5.75 Å². The van der Waals surface area contributed by atoms with Gasteiger partial charge in [-0.05, 0) is 18.6 Å². The van der Waals surface area contributed by atoms with Crippen LogP contribution in [0.1, 0.15) is 6.42 Å². The molecule has 0 spiro atoms. The van der Waals surface area contributed by atoms with Gasteiger partial charge in [-0.3, -0.25) is 0 Å². The molecule has 1 heterocycles. The maximum atomic E-state index is 9.32. The highest BCUT2D eigenvalue weighted by Gasteiger charge is 2.09. The number of aromatic hydroxyl groups is 1. The molecule has 6 heteroatoms. The van der Waals surface area contributed by atoms with Gasteiger partial charge in [-0.25, -0.2) is 4.98 Å². The van der Waals surface area contributed by atoms with Gasteiger partial charge in [0, 0.05) is 24.1 Å². The number of phenols is 1. The molecule has 2 rings (SSSR count). The number of phenolic OH excluding ortho intramolecular Hbond substituents is 1. The minimum Gasteiger partial charge on any atom is -0.508 e. The molecule has 0 saturated heterocycles. The minimum atomic E-state index is 0.0260. The summed E-state index contributed by atoms with van der Waals surface area (Å²) in [7, 11) is 0. The average Bonchev–Trinajstić information content (AvgIpc) is 2.42. The molecule has 0 aliphatic carbocycles. The summed E-state index contributed by atoms with van der Waals surface area (Å²) >= 11 is 13.6. The first kappa shape index (κ1) is 15.3. The third-order valence-corrected chi connectivity index (χ3v) is 4.00. The molecule has 2 aromatic rings. The maximum Gasteiger partial charge on any atom is 0.156 e. The second kappa shape index (κ2) is 7.62. The van der Waals surface area contributed by atoms with Crippen LogP contribution < -0.4 is 4.74 Å². The number of ether oxygens (including phenoxy) is 1. The summed E-state index contributed by atoms with van der Waals surface area (Å²) in [6.07, 6.45) is 2.61. The van der Waals surface area contributed by atoms with Gasteiger partial charge in [0.15, 0.2) is 5.75 Å². The lowest BCUT2D eigenvalue weighted by atomic mass is 10.3. The number of hydrogen-bond acceptors (Lipinski definition) is 4. The second-order valence-corrected chi connectivity index (χ2v) is 5.89. The molecule has 1 N–H and O–H groups in total. The van der Waals surface area contributed by atoms with E-state index in [1.165, 1.54) is 12.1 Å². The third-order valence-electron chi connectivity index (χ3n) is 2.41. The van der Waals surface area contributed by atoms with Gasteiger partial charge in [0.05, 0.1) is 21.7 Å². The van der Waals surface area contributed by atoms with E-state index in [2.05, 4.69) is 4.98 Å². The number of nitrogens with zero attached hydrogens (tertiary/aromatic N) is 1. The van der Waals surface area contributed by atoms with Gasteiger partial charge in [0.25, 0.3) is 0 Å². The first-order valence-electron chi connectivity index (χ1n) is 6.01. The van der Waals surface area contributed by atoms with Gasteiger partial charge in [-0.1, -0.05) is 29.3 Å². The van der Waals surface area contributed by atoms with Gasteiger partial charge in [0.2, 0.25) is 0 Å². The van der Waals surface area contributed by atoms with Crippen LogP contribution in [-0.4, -0.2) is 22.5 Å². The van der Waals surface area contributed by atoms with E-state index in [9.17, 15) is 5.11 Å². The highest BCUT2D eigenvalue weighted by atomic mass is 35.5. The van der Waals surface area contributed by atoms with Gasteiger partial charge in [-0.15, -0.1) is 11.8 Å². The largest absolute Gasteiger partial charge is 0.508 e. The zero-order chi connectivity index (χ0) is 14.4. The lowest BCUT2D eigenvalue weighted by Gasteiger charge is -2.10. The van der Waals surface area contributed by atoms with E-state index in [1.54, 1.807) is 18.0 Å². The molecule has 0 aliphatic rings. The first-order valence-corrected chi connectivity index (χ1v) is 7.75. The number of thioether (sulfide) groups is 1. The monoisotopic (exact) mass is 329 g/mol. The van der Waals surface area contributed by atoms with E-state index < -0.39 is 0 Å². The summed E-state index contributed by atoms with van der Waals surface area (Å²) in [5, 5.41) is 10.9. The van der Waals surface area contributed by atoms with Crippen molar-refractivity contribution in [2.45, 2.75) is 11.4 Å². The SMILES string of the molecule is Oc1cc(Cl)c(OCCCSc2ccccn2)c(Cl)c1. The van der Waals surface area contributed by atoms with Crippen LogP contribution in [0.25, 0.3) is 0 Å². The van der Waals surface area contributed by atoms with Crippen molar-refractivity contribution in [2.24, 2.45) is 0 Å². The van der Waals surface area contributed by atoms with Gasteiger partial charge in [0.1, 0.15) is 5.75 Å². The van der Waals surface area contributed by atoms with Crippen LogP contribution in [0.4, 0.5) is 0 Å². The van der Waals surface area contributed by atoms with Crippen LogP contribution in [0.5, 0.6) is 11.5 Å². The number of benzene rings is 1. The summed E-state index contributed by atoms with van der Waals surface area (Å²) in [5.41, 5.74) is 0. The fourth-order valence-electron chi connectivity index (χ4n) is 1.53. The summed E-state index contributed by atoms with van der Waals surface area (Å²) < 4.78 is 5.55. The molecule has 0 saturated carbocycles. The molecule has 0 amide bonds. The number of hydrogen-bond donors (Lipinski definition) is 1. The van der Waals surface area contributed by atoms with Crippen molar-refractivity contribution < 1.29 is 9.84 Å². The zero-order valence-corrected chi connectivity index (χ0v) is 12.9.